The number of sulfone groups is 1. The van der Waals surface area contributed by atoms with Gasteiger partial charge in [-0.2, -0.15) is 26.3 Å². The number of rotatable bonds is 6. The van der Waals surface area contributed by atoms with Gasteiger partial charge < -0.3 is 4.90 Å². The third-order valence-corrected chi connectivity index (χ3v) is 12.3. The number of Topliss-reactive ketones (excluding diaryl/α,β-unsaturated/α-hetero) is 1. The van der Waals surface area contributed by atoms with Crippen molar-refractivity contribution in [1.82, 2.24) is 4.90 Å². The number of alkyl halides is 7. The Hall–Kier alpha value is -3.03. The number of ketones is 1. The van der Waals surface area contributed by atoms with Crippen LogP contribution in [0.3, 0.4) is 0 Å². The first-order chi connectivity index (χ1) is 19.7. The van der Waals surface area contributed by atoms with Gasteiger partial charge in [-0.1, -0.05) is 24.3 Å². The number of halogens is 8. The molecule has 1 saturated heterocycles. The number of nitrogens with zero attached hydrogens (tertiary/aromatic N) is 1. The molecule has 43 heavy (non-hydrogen) atoms. The summed E-state index contributed by atoms with van der Waals surface area (Å²) in [7, 11) is -4.56. The van der Waals surface area contributed by atoms with Crippen molar-refractivity contribution >= 4 is 21.5 Å². The molecule has 0 radical (unpaired) electrons. The molecular weight excluding hydrogens is 610 g/mol. The smallest absolute Gasteiger partial charge is 0.340 e. The molecule has 2 aromatic carbocycles. The zero-order chi connectivity index (χ0) is 31.9. The third-order valence-electron chi connectivity index (χ3n) is 9.79. The molecule has 0 N–H and O–H groups in total. The molecule has 2 bridgehead atoms. The Morgan fingerprint density at radius 1 is 0.767 bits per heavy atom. The molecule has 2 aromatic rings. The Balaban J connectivity index is 1.57. The Kier molecular flexibility index (Phi) is 7.11. The molecule has 0 spiro atoms. The van der Waals surface area contributed by atoms with E-state index in [1.54, 1.807) is 0 Å². The average Bonchev–Trinajstić information content (AvgIpc) is 3.66. The molecule has 3 fully saturated rings. The highest BCUT2D eigenvalue weighted by atomic mass is 32.2. The lowest BCUT2D eigenvalue weighted by Gasteiger charge is -2.34. The van der Waals surface area contributed by atoms with Gasteiger partial charge in [0.25, 0.3) is 0 Å². The van der Waals surface area contributed by atoms with Crippen LogP contribution in [0.15, 0.2) is 53.4 Å². The number of amides is 1. The molecule has 3 aliphatic rings. The summed E-state index contributed by atoms with van der Waals surface area (Å²) in [6.07, 6.45) is -10.9. The summed E-state index contributed by atoms with van der Waals surface area (Å²) in [4.78, 5) is 27.2. The van der Waals surface area contributed by atoms with Crippen molar-refractivity contribution in [3.8, 4) is 0 Å². The van der Waals surface area contributed by atoms with E-state index in [9.17, 15) is 53.1 Å². The molecular formula is C29H27F8NO4S. The van der Waals surface area contributed by atoms with Gasteiger partial charge in [0.05, 0.1) is 10.3 Å². The number of benzene rings is 2. The lowest BCUT2D eigenvalue weighted by Crippen LogP contribution is -2.50. The average molecular weight is 638 g/mol. The van der Waals surface area contributed by atoms with Gasteiger partial charge in [-0.25, -0.2) is 17.2 Å². The molecule has 234 valence electrons. The van der Waals surface area contributed by atoms with Crippen molar-refractivity contribution in [2.75, 3.05) is 13.1 Å². The molecule has 1 heterocycles. The third kappa shape index (κ3) is 4.49. The van der Waals surface area contributed by atoms with Crippen LogP contribution in [0.4, 0.5) is 35.1 Å². The lowest BCUT2D eigenvalue weighted by atomic mass is 9.79. The molecule has 5 rings (SSSR count). The van der Waals surface area contributed by atoms with E-state index in [0.29, 0.717) is 44.2 Å². The van der Waals surface area contributed by atoms with E-state index in [-0.39, 0.29) is 47.2 Å². The largest absolute Gasteiger partial charge is 0.435 e. The molecule has 0 aromatic heterocycles. The van der Waals surface area contributed by atoms with Gasteiger partial charge in [0, 0.05) is 24.1 Å². The Morgan fingerprint density at radius 2 is 1.28 bits per heavy atom. The first kappa shape index (κ1) is 31.4. The highest BCUT2D eigenvalue weighted by molar-refractivity contribution is 7.92. The van der Waals surface area contributed by atoms with E-state index in [4.69, 9.17) is 0 Å². The maximum absolute atomic E-state index is 14.7. The SMILES string of the molecule is CC(=O)C12CCC(C(=O)N3CC[C@](c4ccc(C(F)(C(F)(F)F)C(F)(F)F)cc4)(S(=O)(=O)c4ccc(F)cc4)C3)(CC1)C2. The minimum Gasteiger partial charge on any atom is -0.340 e. The van der Waals surface area contributed by atoms with Gasteiger partial charge in [-0.05, 0) is 75.3 Å². The Bertz CT molecular complexity index is 1530. The number of carbonyl (C=O) groups excluding carboxylic acids is 2. The Labute approximate surface area is 242 Å². The van der Waals surface area contributed by atoms with Crippen LogP contribution in [0, 0.1) is 16.6 Å². The van der Waals surface area contributed by atoms with E-state index in [1.165, 1.54) is 11.8 Å². The summed E-state index contributed by atoms with van der Waals surface area (Å²) in [5.41, 5.74) is -9.27. The van der Waals surface area contributed by atoms with E-state index in [1.807, 2.05) is 0 Å². The standard InChI is InChI=1S/C29H27F8NO4S/c1-18(39)24-10-12-25(16-24,13-11-24)23(40)38-15-14-26(17-38,43(41,42)22-8-6-21(30)7-9-22)19-2-4-20(5-3-19)27(31,28(32,33)34)29(35,36)37/h2-9H,10-17H2,1H3/t24?,25?,26-/m0/s1. The summed E-state index contributed by atoms with van der Waals surface area (Å²) in [5.74, 6) is -1.16. The second-order valence-corrected chi connectivity index (χ2v) is 14.2. The highest BCUT2D eigenvalue weighted by Gasteiger charge is 2.73. The van der Waals surface area contributed by atoms with Crippen LogP contribution in [-0.2, 0) is 29.8 Å². The van der Waals surface area contributed by atoms with Crippen molar-refractivity contribution in [3.63, 3.8) is 0 Å². The highest BCUT2D eigenvalue weighted by Crippen LogP contribution is 2.63. The Morgan fingerprint density at radius 3 is 1.74 bits per heavy atom. The van der Waals surface area contributed by atoms with E-state index in [0.717, 1.165) is 24.3 Å². The monoisotopic (exact) mass is 637 g/mol. The van der Waals surface area contributed by atoms with Crippen molar-refractivity contribution in [2.45, 2.75) is 73.1 Å². The number of hydrogen-bond acceptors (Lipinski definition) is 4. The normalized spacial score (nSPS) is 28.0. The second kappa shape index (κ2) is 9.73. The van der Waals surface area contributed by atoms with Crippen LogP contribution in [0.5, 0.6) is 0 Å². The van der Waals surface area contributed by atoms with Crippen molar-refractivity contribution in [1.29, 1.82) is 0 Å². The maximum Gasteiger partial charge on any atom is 0.435 e. The molecule has 1 aliphatic heterocycles. The molecule has 1 amide bonds. The fourth-order valence-electron chi connectivity index (χ4n) is 7.21. The van der Waals surface area contributed by atoms with Gasteiger partial charge in [-0.3, -0.25) is 9.59 Å². The molecule has 1 atom stereocenters. The second-order valence-electron chi connectivity index (χ2n) is 12.0. The number of carbonyl (C=O) groups is 2. The van der Waals surface area contributed by atoms with Crippen LogP contribution in [-0.4, -0.2) is 50.5 Å². The zero-order valence-corrected chi connectivity index (χ0v) is 23.6. The van der Waals surface area contributed by atoms with E-state index in [2.05, 4.69) is 0 Å². The van der Waals surface area contributed by atoms with Crippen LogP contribution >= 0.6 is 0 Å². The summed E-state index contributed by atoms with van der Waals surface area (Å²) < 4.78 is 135. The number of likely N-dealkylation sites (tertiary alicyclic amines) is 1. The van der Waals surface area contributed by atoms with E-state index >= 15 is 0 Å². The topological polar surface area (TPSA) is 71.5 Å². The number of hydrogen-bond donors (Lipinski definition) is 0. The van der Waals surface area contributed by atoms with Gasteiger partial charge in [0.2, 0.25) is 5.91 Å². The fourth-order valence-corrected chi connectivity index (χ4v) is 9.28. The van der Waals surface area contributed by atoms with Crippen LogP contribution in [0.25, 0.3) is 0 Å². The van der Waals surface area contributed by atoms with Crippen LogP contribution < -0.4 is 0 Å². The molecule has 14 heteroatoms. The number of fused-ring (bicyclic) bond motifs is 2. The van der Waals surface area contributed by atoms with Gasteiger partial charge in [0.15, 0.2) is 9.84 Å². The summed E-state index contributed by atoms with van der Waals surface area (Å²) in [5, 5.41) is 0. The first-order valence-corrected chi connectivity index (χ1v) is 15.0. The zero-order valence-electron chi connectivity index (χ0n) is 22.8. The maximum atomic E-state index is 14.7. The minimum atomic E-state index is -6.36. The predicted molar refractivity (Wildman–Crippen MR) is 136 cm³/mol. The molecule has 5 nitrogen and oxygen atoms in total. The van der Waals surface area contributed by atoms with Gasteiger partial charge >= 0.3 is 18.0 Å². The summed E-state index contributed by atoms with van der Waals surface area (Å²) in [6.45, 7) is 0.850. The predicted octanol–water partition coefficient (Wildman–Crippen LogP) is 6.56. The molecule has 2 saturated carbocycles. The minimum absolute atomic E-state index is 0.0314. The quantitative estimate of drug-likeness (QED) is 0.266. The van der Waals surface area contributed by atoms with Crippen molar-refractivity contribution in [2.24, 2.45) is 10.8 Å². The van der Waals surface area contributed by atoms with Gasteiger partial charge in [0.1, 0.15) is 16.3 Å². The lowest BCUT2D eigenvalue weighted by molar-refractivity contribution is -0.348. The summed E-state index contributed by atoms with van der Waals surface area (Å²) >= 11 is 0. The van der Waals surface area contributed by atoms with Crippen LogP contribution in [0.2, 0.25) is 0 Å². The van der Waals surface area contributed by atoms with Crippen LogP contribution in [0.1, 0.15) is 56.6 Å². The van der Waals surface area contributed by atoms with Gasteiger partial charge in [-0.15, -0.1) is 0 Å². The summed E-state index contributed by atoms with van der Waals surface area (Å²) in [6, 6.07) is 5.58. The van der Waals surface area contributed by atoms with Crippen molar-refractivity contribution < 1.29 is 53.1 Å². The first-order valence-electron chi connectivity index (χ1n) is 13.5. The molecule has 0 unspecified atom stereocenters. The molecule has 2 aliphatic carbocycles. The van der Waals surface area contributed by atoms with Crippen molar-refractivity contribution in [3.05, 3.63) is 65.5 Å². The van der Waals surface area contributed by atoms with E-state index < -0.39 is 61.4 Å². The fraction of sp³-hybridized carbons (Fsp3) is 0.517.